The summed E-state index contributed by atoms with van der Waals surface area (Å²) >= 11 is 0. The van der Waals surface area contributed by atoms with Crippen molar-refractivity contribution in [2.45, 2.75) is 49.8 Å². The zero-order valence-electron chi connectivity index (χ0n) is 16.5. The maximum Gasteiger partial charge on any atom is 0.408 e. The number of aryl methyl sites for hydroxylation is 1. The molecule has 0 aromatic heterocycles. The molecule has 1 saturated heterocycles. The van der Waals surface area contributed by atoms with E-state index in [1.807, 2.05) is 6.92 Å². The lowest BCUT2D eigenvalue weighted by molar-refractivity contribution is -0.151. The van der Waals surface area contributed by atoms with Crippen LogP contribution in [0.15, 0.2) is 29.2 Å². The second-order valence-corrected chi connectivity index (χ2v) is 9.03. The smallest absolute Gasteiger partial charge is 0.408 e. The topological polar surface area (TPSA) is 117 Å². The Kier molecular flexibility index (Phi) is 6.37. The predicted octanol–water partition coefficient (Wildman–Crippen LogP) is 1.54. The zero-order chi connectivity index (χ0) is 21.2. The fourth-order valence-corrected chi connectivity index (χ4v) is 3.72. The molecule has 1 aliphatic heterocycles. The summed E-state index contributed by atoms with van der Waals surface area (Å²) in [7, 11) is -3.11. The molecule has 1 N–H and O–H groups in total. The molecule has 1 aromatic rings. The number of esters is 1. The van der Waals surface area contributed by atoms with Crippen molar-refractivity contribution in [3.05, 3.63) is 29.8 Å². The molecule has 0 bridgehead atoms. The van der Waals surface area contributed by atoms with Gasteiger partial charge in [0.2, 0.25) is 0 Å². The number of carbonyl (C=O) groups is 2. The number of hydrogen-bond donors (Lipinski definition) is 1. The fraction of sp³-hybridized carbons (Fsp3) is 0.556. The van der Waals surface area contributed by atoms with Crippen LogP contribution in [0, 0.1) is 6.92 Å². The Labute approximate surface area is 164 Å². The summed E-state index contributed by atoms with van der Waals surface area (Å²) in [6.45, 7) is 6.20. The zero-order valence-corrected chi connectivity index (χ0v) is 17.3. The van der Waals surface area contributed by atoms with Crippen molar-refractivity contribution < 1.29 is 36.4 Å². The van der Waals surface area contributed by atoms with E-state index in [4.69, 9.17) is 18.4 Å². The number of nitrogens with one attached hydrogen (secondary N) is 1. The van der Waals surface area contributed by atoms with E-state index in [2.05, 4.69) is 5.32 Å². The third kappa shape index (κ3) is 5.00. The molecule has 1 amide bonds. The molecule has 10 heteroatoms. The average molecular weight is 415 g/mol. The highest BCUT2D eigenvalue weighted by Gasteiger charge is 2.56. The Hall–Kier alpha value is -2.17. The summed E-state index contributed by atoms with van der Waals surface area (Å²) in [5.41, 5.74) is -1.82. The average Bonchev–Trinajstić information content (AvgIpc) is 2.95. The van der Waals surface area contributed by atoms with Gasteiger partial charge in [-0.3, -0.25) is 4.18 Å². The molecule has 156 valence electrons. The number of rotatable bonds is 5. The first-order chi connectivity index (χ1) is 12.9. The summed E-state index contributed by atoms with van der Waals surface area (Å²) in [5.74, 6) is -0.903. The minimum Gasteiger partial charge on any atom is -0.467 e. The molecule has 28 heavy (non-hydrogen) atoms. The third-order valence-corrected chi connectivity index (χ3v) is 5.31. The molecule has 1 heterocycles. The molecule has 1 aliphatic rings. The van der Waals surface area contributed by atoms with Crippen LogP contribution in [-0.4, -0.2) is 58.0 Å². The minimum absolute atomic E-state index is 0.0824. The Balaban J connectivity index is 2.31. The van der Waals surface area contributed by atoms with E-state index in [9.17, 15) is 18.0 Å². The first-order valence-electron chi connectivity index (χ1n) is 8.57. The monoisotopic (exact) mass is 415 g/mol. The lowest BCUT2D eigenvalue weighted by atomic mass is 9.96. The Morgan fingerprint density at radius 1 is 1.21 bits per heavy atom. The van der Waals surface area contributed by atoms with Gasteiger partial charge in [-0.2, -0.15) is 8.42 Å². The van der Waals surface area contributed by atoms with Gasteiger partial charge in [0.15, 0.2) is 5.54 Å². The largest absolute Gasteiger partial charge is 0.467 e. The molecule has 0 spiro atoms. The van der Waals surface area contributed by atoms with Crippen molar-refractivity contribution in [1.82, 2.24) is 5.32 Å². The minimum atomic E-state index is -4.22. The Morgan fingerprint density at radius 3 is 2.36 bits per heavy atom. The van der Waals surface area contributed by atoms with Gasteiger partial charge >= 0.3 is 12.1 Å². The Bertz CT molecular complexity index is 828. The molecule has 0 saturated carbocycles. The lowest BCUT2D eigenvalue weighted by Crippen LogP contribution is -2.63. The van der Waals surface area contributed by atoms with Crippen LogP contribution in [0.4, 0.5) is 4.79 Å². The fourth-order valence-electron chi connectivity index (χ4n) is 2.61. The first-order valence-corrected chi connectivity index (χ1v) is 9.98. The quantitative estimate of drug-likeness (QED) is 0.568. The molecular formula is C18H25NO8S. The number of carbonyl (C=O) groups excluding carboxylic acids is 2. The van der Waals surface area contributed by atoms with Gasteiger partial charge in [0.1, 0.15) is 11.7 Å². The van der Waals surface area contributed by atoms with Crippen LogP contribution in [0.2, 0.25) is 0 Å². The molecule has 9 nitrogen and oxygen atoms in total. The molecule has 2 atom stereocenters. The van der Waals surface area contributed by atoms with E-state index >= 15 is 0 Å². The summed E-state index contributed by atoms with van der Waals surface area (Å²) in [6.07, 6.45) is -2.26. The van der Waals surface area contributed by atoms with Gasteiger partial charge < -0.3 is 19.5 Å². The number of amides is 1. The van der Waals surface area contributed by atoms with Gasteiger partial charge in [-0.1, -0.05) is 17.7 Å². The lowest BCUT2D eigenvalue weighted by Gasteiger charge is -2.32. The summed E-state index contributed by atoms with van der Waals surface area (Å²) in [4.78, 5) is 24.6. The SMILES string of the molecule is COC(=O)C1(NC(=O)OC(C)(C)C)COCC1OS(=O)(=O)c1ccc(C)cc1. The van der Waals surface area contributed by atoms with Crippen molar-refractivity contribution in [3.8, 4) is 0 Å². The predicted molar refractivity (Wildman–Crippen MR) is 98.2 cm³/mol. The van der Waals surface area contributed by atoms with Gasteiger partial charge in [0.05, 0.1) is 25.2 Å². The normalized spacial score (nSPS) is 22.5. The standard InChI is InChI=1S/C18H25NO8S/c1-12-6-8-13(9-7-12)28(22,23)27-14-10-25-11-18(14,15(20)24-5)19-16(21)26-17(2,3)4/h6-9,14H,10-11H2,1-5H3,(H,19,21). The van der Waals surface area contributed by atoms with Crippen LogP contribution in [0.3, 0.4) is 0 Å². The second kappa shape index (κ2) is 8.06. The summed E-state index contributed by atoms with van der Waals surface area (Å²) in [6, 6.07) is 6.02. The molecule has 1 aromatic carbocycles. The van der Waals surface area contributed by atoms with E-state index in [-0.39, 0.29) is 18.1 Å². The van der Waals surface area contributed by atoms with E-state index in [1.165, 1.54) is 12.1 Å². The molecule has 2 rings (SSSR count). The van der Waals surface area contributed by atoms with Crippen molar-refractivity contribution in [2.24, 2.45) is 0 Å². The molecule has 0 radical (unpaired) electrons. The van der Waals surface area contributed by atoms with E-state index < -0.39 is 39.4 Å². The van der Waals surface area contributed by atoms with E-state index in [0.29, 0.717) is 0 Å². The van der Waals surface area contributed by atoms with Gasteiger partial charge in [-0.25, -0.2) is 9.59 Å². The number of benzene rings is 1. The van der Waals surface area contributed by atoms with Crippen LogP contribution in [0.25, 0.3) is 0 Å². The second-order valence-electron chi connectivity index (χ2n) is 7.46. The van der Waals surface area contributed by atoms with Crippen molar-refractivity contribution in [3.63, 3.8) is 0 Å². The number of ether oxygens (including phenoxy) is 3. The maximum atomic E-state index is 12.6. The van der Waals surface area contributed by atoms with Gasteiger partial charge in [-0.15, -0.1) is 0 Å². The van der Waals surface area contributed by atoms with Crippen LogP contribution in [0.5, 0.6) is 0 Å². The van der Waals surface area contributed by atoms with Crippen LogP contribution in [-0.2, 0) is 33.3 Å². The summed E-state index contributed by atoms with van der Waals surface area (Å²) < 4.78 is 45.8. The van der Waals surface area contributed by atoms with Crippen LogP contribution < -0.4 is 5.32 Å². The number of hydrogen-bond acceptors (Lipinski definition) is 8. The maximum absolute atomic E-state index is 12.6. The molecule has 1 fully saturated rings. The summed E-state index contributed by atoms with van der Waals surface area (Å²) in [5, 5.41) is 2.38. The van der Waals surface area contributed by atoms with Crippen molar-refractivity contribution >= 4 is 22.2 Å². The van der Waals surface area contributed by atoms with Crippen LogP contribution >= 0.6 is 0 Å². The molecular weight excluding hydrogens is 390 g/mol. The molecule has 2 unspecified atom stereocenters. The number of alkyl carbamates (subject to hydrolysis) is 1. The third-order valence-electron chi connectivity index (χ3n) is 3.97. The first kappa shape index (κ1) is 22.1. The van der Waals surface area contributed by atoms with Crippen LogP contribution in [0.1, 0.15) is 26.3 Å². The highest BCUT2D eigenvalue weighted by molar-refractivity contribution is 7.86. The van der Waals surface area contributed by atoms with Gasteiger partial charge in [-0.05, 0) is 39.8 Å². The molecule has 0 aliphatic carbocycles. The van der Waals surface area contributed by atoms with Gasteiger partial charge in [0, 0.05) is 0 Å². The highest BCUT2D eigenvalue weighted by atomic mass is 32.2. The van der Waals surface area contributed by atoms with E-state index in [0.717, 1.165) is 12.7 Å². The van der Waals surface area contributed by atoms with E-state index in [1.54, 1.807) is 32.9 Å². The highest BCUT2D eigenvalue weighted by Crippen LogP contribution is 2.28. The van der Waals surface area contributed by atoms with Gasteiger partial charge in [0.25, 0.3) is 10.1 Å². The van der Waals surface area contributed by atoms with Crippen molar-refractivity contribution in [1.29, 1.82) is 0 Å². The van der Waals surface area contributed by atoms with Crippen molar-refractivity contribution in [2.75, 3.05) is 20.3 Å². The Morgan fingerprint density at radius 2 is 1.82 bits per heavy atom. The number of methoxy groups -OCH3 is 1.